The van der Waals surface area contributed by atoms with Crippen LogP contribution in [0.5, 0.6) is 0 Å². The van der Waals surface area contributed by atoms with Crippen LogP contribution in [-0.4, -0.2) is 37.5 Å². The van der Waals surface area contributed by atoms with Crippen molar-refractivity contribution in [3.05, 3.63) is 30.5 Å². The van der Waals surface area contributed by atoms with Crippen LogP contribution in [0.3, 0.4) is 0 Å². The van der Waals surface area contributed by atoms with Gasteiger partial charge in [0.05, 0.1) is 5.75 Å². The lowest BCUT2D eigenvalue weighted by Gasteiger charge is -2.17. The van der Waals surface area contributed by atoms with Crippen molar-refractivity contribution < 1.29 is 4.79 Å². The third-order valence-corrected chi connectivity index (χ3v) is 6.07. The molecule has 1 atom stereocenters. The minimum atomic E-state index is 0.0418. The van der Waals surface area contributed by atoms with Gasteiger partial charge in [-0.15, -0.1) is 10.2 Å². The Morgan fingerprint density at radius 2 is 2.07 bits per heavy atom. The van der Waals surface area contributed by atoms with E-state index in [1.807, 2.05) is 25.3 Å². The van der Waals surface area contributed by atoms with E-state index in [2.05, 4.69) is 51.0 Å². The smallest absolute Gasteiger partial charge is 0.230 e. The predicted molar refractivity (Wildman–Crippen MR) is 109 cm³/mol. The number of hydrogen-bond donors (Lipinski definition) is 2. The first-order chi connectivity index (χ1) is 13.0. The van der Waals surface area contributed by atoms with Crippen molar-refractivity contribution in [2.45, 2.75) is 50.9 Å². The van der Waals surface area contributed by atoms with E-state index in [9.17, 15) is 4.79 Å². The number of aromatic amines is 1. The van der Waals surface area contributed by atoms with Crippen LogP contribution in [0.15, 0.2) is 35.6 Å². The Hall–Kier alpha value is -2.28. The SMILES string of the molecule is CC(C)[C@@H](C)NC(=O)CSc1nnc(-c2c[nH]c3ccccc23)n1C1CC1. The number of thioether (sulfide) groups is 1. The summed E-state index contributed by atoms with van der Waals surface area (Å²) in [4.78, 5) is 15.6. The summed E-state index contributed by atoms with van der Waals surface area (Å²) < 4.78 is 2.21. The van der Waals surface area contributed by atoms with Gasteiger partial charge in [-0.05, 0) is 31.7 Å². The second-order valence-electron chi connectivity index (χ2n) is 7.54. The molecule has 0 radical (unpaired) electrons. The van der Waals surface area contributed by atoms with Gasteiger partial charge >= 0.3 is 0 Å². The average molecular weight is 384 g/mol. The second-order valence-corrected chi connectivity index (χ2v) is 8.49. The van der Waals surface area contributed by atoms with Gasteiger partial charge in [-0.2, -0.15) is 0 Å². The molecule has 0 saturated heterocycles. The topological polar surface area (TPSA) is 75.6 Å². The number of nitrogens with zero attached hydrogens (tertiary/aromatic N) is 3. The molecule has 142 valence electrons. The average Bonchev–Trinajstić information content (AvgIpc) is 3.26. The number of H-pyrrole nitrogens is 1. The van der Waals surface area contributed by atoms with Gasteiger partial charge in [-0.25, -0.2) is 0 Å². The van der Waals surface area contributed by atoms with Gasteiger partial charge in [0.25, 0.3) is 0 Å². The van der Waals surface area contributed by atoms with Crippen molar-refractivity contribution in [2.24, 2.45) is 5.92 Å². The Labute approximate surface area is 163 Å². The zero-order chi connectivity index (χ0) is 19.0. The Balaban J connectivity index is 1.56. The normalized spacial score (nSPS) is 15.4. The lowest BCUT2D eigenvalue weighted by Crippen LogP contribution is -2.37. The van der Waals surface area contributed by atoms with E-state index in [-0.39, 0.29) is 11.9 Å². The number of rotatable bonds is 7. The van der Waals surface area contributed by atoms with Crippen molar-refractivity contribution in [2.75, 3.05) is 5.75 Å². The van der Waals surface area contributed by atoms with Gasteiger partial charge in [-0.3, -0.25) is 9.36 Å². The summed E-state index contributed by atoms with van der Waals surface area (Å²) >= 11 is 1.47. The van der Waals surface area contributed by atoms with Crippen molar-refractivity contribution in [1.29, 1.82) is 0 Å². The van der Waals surface area contributed by atoms with E-state index in [4.69, 9.17) is 0 Å². The summed E-state index contributed by atoms with van der Waals surface area (Å²) in [5.74, 6) is 1.70. The predicted octanol–water partition coefficient (Wildman–Crippen LogP) is 4.01. The quantitative estimate of drug-likeness (QED) is 0.604. The molecule has 0 unspecified atom stereocenters. The maximum absolute atomic E-state index is 12.2. The van der Waals surface area contributed by atoms with Crippen LogP contribution in [0.4, 0.5) is 0 Å². The molecule has 0 spiro atoms. The Kier molecular flexibility index (Phi) is 4.95. The largest absolute Gasteiger partial charge is 0.360 e. The summed E-state index contributed by atoms with van der Waals surface area (Å²) in [6.45, 7) is 6.25. The third-order valence-electron chi connectivity index (χ3n) is 5.13. The number of fused-ring (bicyclic) bond motifs is 1. The van der Waals surface area contributed by atoms with Crippen LogP contribution >= 0.6 is 11.8 Å². The highest BCUT2D eigenvalue weighted by atomic mass is 32.2. The van der Waals surface area contributed by atoms with Crippen LogP contribution in [0.1, 0.15) is 39.7 Å². The van der Waals surface area contributed by atoms with Gasteiger partial charge < -0.3 is 10.3 Å². The Morgan fingerprint density at radius 1 is 1.30 bits per heavy atom. The number of benzene rings is 1. The van der Waals surface area contributed by atoms with Gasteiger partial charge in [0, 0.05) is 34.7 Å². The summed E-state index contributed by atoms with van der Waals surface area (Å²) in [5, 5.41) is 13.9. The van der Waals surface area contributed by atoms with Crippen molar-refractivity contribution in [3.8, 4) is 11.4 Å². The first kappa shape index (κ1) is 18.1. The molecule has 4 rings (SSSR count). The highest BCUT2D eigenvalue weighted by molar-refractivity contribution is 7.99. The number of carbonyl (C=O) groups is 1. The third kappa shape index (κ3) is 3.74. The van der Waals surface area contributed by atoms with Crippen LogP contribution in [0.2, 0.25) is 0 Å². The molecule has 1 aromatic carbocycles. The number of carbonyl (C=O) groups excluding carboxylic acids is 1. The fourth-order valence-electron chi connectivity index (χ4n) is 3.07. The molecule has 1 fully saturated rings. The number of nitrogens with one attached hydrogen (secondary N) is 2. The monoisotopic (exact) mass is 383 g/mol. The minimum absolute atomic E-state index is 0.0418. The van der Waals surface area contributed by atoms with Gasteiger partial charge in [-0.1, -0.05) is 43.8 Å². The maximum atomic E-state index is 12.2. The number of hydrogen-bond acceptors (Lipinski definition) is 4. The number of aromatic nitrogens is 4. The molecule has 2 heterocycles. The van der Waals surface area contributed by atoms with E-state index in [0.29, 0.717) is 17.7 Å². The number of amides is 1. The van der Waals surface area contributed by atoms with E-state index < -0.39 is 0 Å². The molecule has 0 bridgehead atoms. The molecule has 1 amide bonds. The van der Waals surface area contributed by atoms with E-state index in [1.165, 1.54) is 11.8 Å². The van der Waals surface area contributed by atoms with Crippen molar-refractivity contribution >= 4 is 28.6 Å². The highest BCUT2D eigenvalue weighted by Gasteiger charge is 2.31. The fraction of sp³-hybridized carbons (Fsp3) is 0.450. The van der Waals surface area contributed by atoms with Gasteiger partial charge in [0.15, 0.2) is 11.0 Å². The zero-order valence-corrected chi connectivity index (χ0v) is 16.7. The summed E-state index contributed by atoms with van der Waals surface area (Å²) in [5.41, 5.74) is 2.16. The summed E-state index contributed by atoms with van der Waals surface area (Å²) in [6.07, 6.45) is 4.27. The van der Waals surface area contributed by atoms with Crippen LogP contribution in [0.25, 0.3) is 22.3 Å². The molecular formula is C20H25N5OS. The molecule has 1 saturated carbocycles. The molecular weight excluding hydrogens is 358 g/mol. The highest BCUT2D eigenvalue weighted by Crippen LogP contribution is 2.42. The van der Waals surface area contributed by atoms with Crippen molar-refractivity contribution in [3.63, 3.8) is 0 Å². The van der Waals surface area contributed by atoms with E-state index in [1.54, 1.807) is 0 Å². The van der Waals surface area contributed by atoms with Crippen LogP contribution < -0.4 is 5.32 Å². The lowest BCUT2D eigenvalue weighted by molar-refractivity contribution is -0.119. The molecule has 2 aromatic heterocycles. The maximum Gasteiger partial charge on any atom is 0.230 e. The zero-order valence-electron chi connectivity index (χ0n) is 15.9. The molecule has 2 N–H and O–H groups in total. The summed E-state index contributed by atoms with van der Waals surface area (Å²) in [6, 6.07) is 8.82. The molecule has 6 nitrogen and oxygen atoms in total. The summed E-state index contributed by atoms with van der Waals surface area (Å²) in [7, 11) is 0. The standard InChI is InChI=1S/C20H25N5OS/c1-12(2)13(3)22-18(26)11-27-20-24-23-19(25(20)14-8-9-14)16-10-21-17-7-5-4-6-15(16)17/h4-7,10,12-14,21H,8-9,11H2,1-3H3,(H,22,26)/t13-/m1/s1. The van der Waals surface area contributed by atoms with Gasteiger partial charge in [0.1, 0.15) is 0 Å². The second kappa shape index (κ2) is 7.38. The first-order valence-electron chi connectivity index (χ1n) is 9.48. The fourth-order valence-corrected chi connectivity index (χ4v) is 3.89. The molecule has 3 aromatic rings. The van der Waals surface area contributed by atoms with Crippen LogP contribution in [-0.2, 0) is 4.79 Å². The van der Waals surface area contributed by atoms with Crippen molar-refractivity contribution in [1.82, 2.24) is 25.1 Å². The van der Waals surface area contributed by atoms with E-state index in [0.717, 1.165) is 40.3 Å². The van der Waals surface area contributed by atoms with E-state index >= 15 is 0 Å². The molecule has 1 aliphatic carbocycles. The lowest BCUT2D eigenvalue weighted by atomic mass is 10.1. The first-order valence-corrected chi connectivity index (χ1v) is 10.5. The Morgan fingerprint density at radius 3 is 2.81 bits per heavy atom. The van der Waals surface area contributed by atoms with Crippen LogP contribution in [0, 0.1) is 5.92 Å². The number of para-hydroxylation sites is 1. The minimum Gasteiger partial charge on any atom is -0.360 e. The molecule has 1 aliphatic rings. The molecule has 0 aliphatic heterocycles. The molecule has 27 heavy (non-hydrogen) atoms. The van der Waals surface area contributed by atoms with Gasteiger partial charge in [0.2, 0.25) is 5.91 Å². The molecule has 7 heteroatoms. The Bertz CT molecular complexity index is 956.